The van der Waals surface area contributed by atoms with Crippen LogP contribution in [-0.2, 0) is 65.4 Å². The lowest BCUT2D eigenvalue weighted by Gasteiger charge is -2.21. The van der Waals surface area contributed by atoms with Gasteiger partial charge in [0.25, 0.3) is 0 Å². The fourth-order valence-electron chi connectivity index (χ4n) is 13.3. The van der Waals surface area contributed by atoms with Crippen molar-refractivity contribution in [1.29, 1.82) is 0 Å². The molecule has 0 saturated carbocycles. The van der Waals surface area contributed by atoms with Gasteiger partial charge in [-0.2, -0.15) is 0 Å². The zero-order valence-corrected chi connectivity index (χ0v) is 69.8. The van der Waals surface area contributed by atoms with Crippen LogP contribution in [0.2, 0.25) is 0 Å². The summed E-state index contributed by atoms with van der Waals surface area (Å²) in [6, 6.07) is 0. The quantitative estimate of drug-likeness (QED) is 0.0222. The molecule has 0 aromatic carbocycles. The normalized spacial score (nSPS) is 13.7. The Bertz CT molecular complexity index is 1960. The van der Waals surface area contributed by atoms with Crippen LogP contribution >= 0.6 is 15.6 Å². The summed E-state index contributed by atoms with van der Waals surface area (Å²) >= 11 is 0. The maximum Gasteiger partial charge on any atom is 0.472 e. The molecule has 0 aromatic rings. The van der Waals surface area contributed by atoms with E-state index < -0.39 is 97.5 Å². The molecule has 17 nitrogen and oxygen atoms in total. The molecule has 0 radical (unpaired) electrons. The van der Waals surface area contributed by atoms with Gasteiger partial charge in [0.2, 0.25) is 0 Å². The number of unbranched alkanes of at least 4 members (excludes halogenated alkanes) is 60. The third kappa shape index (κ3) is 78.2. The highest BCUT2D eigenvalue weighted by molar-refractivity contribution is 7.47. The Labute approximate surface area is 638 Å². The predicted molar refractivity (Wildman–Crippen MR) is 428 cm³/mol. The first kappa shape index (κ1) is 102. The highest BCUT2D eigenvalue weighted by atomic mass is 31.2. The summed E-state index contributed by atoms with van der Waals surface area (Å²) in [6.07, 6.45) is 73.7. The molecule has 19 heteroatoms. The Morgan fingerprint density at radius 3 is 0.567 bits per heavy atom. The van der Waals surface area contributed by atoms with Crippen LogP contribution in [0.4, 0.5) is 0 Å². The number of carbonyl (C=O) groups is 4. The van der Waals surface area contributed by atoms with Crippen LogP contribution in [0.25, 0.3) is 0 Å². The van der Waals surface area contributed by atoms with Gasteiger partial charge in [-0.3, -0.25) is 37.3 Å². The van der Waals surface area contributed by atoms with Crippen LogP contribution < -0.4 is 0 Å². The molecule has 0 aliphatic carbocycles. The third-order valence-electron chi connectivity index (χ3n) is 20.1. The maximum atomic E-state index is 13.1. The minimum atomic E-state index is -4.96. The molecule has 0 aromatic heterocycles. The van der Waals surface area contributed by atoms with E-state index in [4.69, 9.17) is 37.0 Å². The highest BCUT2D eigenvalue weighted by Crippen LogP contribution is 2.45. The molecule has 0 rings (SSSR count). The van der Waals surface area contributed by atoms with Gasteiger partial charge in [-0.1, -0.05) is 413 Å². The predicted octanol–water partition coefficient (Wildman–Crippen LogP) is 26.1. The maximum absolute atomic E-state index is 13.1. The standard InChI is InChI=1S/C85H166O17P2/c1-5-9-13-17-21-25-29-32-34-36-38-40-42-44-46-49-52-56-60-64-68-72-85(90)102-81(76-96-83(88)70-66-62-58-54-50-48-45-43-41-39-37-35-33-30-26-22-18-14-10-6-2)78-100-104(93,94)98-74-79(86)73-97-103(91,92)99-77-80(75-95-82(87)69-65-61-57-53-28-24-20-16-12-8-4)101-84(89)71-67-63-59-55-51-47-31-27-23-19-15-11-7-3/h79-81,86H,5-78H2,1-4H3,(H,91,92)(H,93,94)/t79-,80+,81+/m0/s1. The van der Waals surface area contributed by atoms with Gasteiger partial charge in [0, 0.05) is 25.7 Å². The van der Waals surface area contributed by atoms with Crippen LogP contribution in [0.1, 0.15) is 464 Å². The molecule has 3 N–H and O–H groups in total. The molecule has 5 atom stereocenters. The molecule has 0 amide bonds. The summed E-state index contributed by atoms with van der Waals surface area (Å²) in [5.41, 5.74) is 0. The van der Waals surface area contributed by atoms with Gasteiger partial charge in [-0.05, 0) is 25.7 Å². The molecule has 2 unspecified atom stereocenters. The first-order chi connectivity index (χ1) is 50.7. The lowest BCUT2D eigenvalue weighted by atomic mass is 10.0. The number of aliphatic hydroxyl groups is 1. The summed E-state index contributed by atoms with van der Waals surface area (Å²) in [4.78, 5) is 73.1. The zero-order chi connectivity index (χ0) is 76.0. The van der Waals surface area contributed by atoms with Gasteiger partial charge in [0.05, 0.1) is 26.4 Å². The van der Waals surface area contributed by atoms with E-state index in [9.17, 15) is 43.2 Å². The Hall–Kier alpha value is -1.94. The van der Waals surface area contributed by atoms with E-state index in [1.165, 1.54) is 295 Å². The zero-order valence-electron chi connectivity index (χ0n) is 68.0. The van der Waals surface area contributed by atoms with E-state index in [2.05, 4.69) is 27.7 Å². The molecular weight excluding hydrogens is 1350 g/mol. The molecule has 618 valence electrons. The molecule has 104 heavy (non-hydrogen) atoms. The van der Waals surface area contributed by atoms with Gasteiger partial charge >= 0.3 is 39.5 Å². The highest BCUT2D eigenvalue weighted by Gasteiger charge is 2.30. The molecule has 0 aliphatic heterocycles. The van der Waals surface area contributed by atoms with Crippen LogP contribution in [0.3, 0.4) is 0 Å². The van der Waals surface area contributed by atoms with Gasteiger partial charge in [-0.15, -0.1) is 0 Å². The van der Waals surface area contributed by atoms with Crippen molar-refractivity contribution >= 4 is 39.5 Å². The monoisotopic (exact) mass is 1520 g/mol. The number of esters is 4. The van der Waals surface area contributed by atoms with E-state index >= 15 is 0 Å². The van der Waals surface area contributed by atoms with Gasteiger partial charge in [-0.25, -0.2) is 9.13 Å². The summed E-state index contributed by atoms with van der Waals surface area (Å²) in [5, 5.41) is 10.7. The number of aliphatic hydroxyl groups excluding tert-OH is 1. The first-order valence-corrected chi connectivity index (χ1v) is 47.3. The Morgan fingerprint density at radius 2 is 0.385 bits per heavy atom. The lowest BCUT2D eigenvalue weighted by molar-refractivity contribution is -0.161. The Morgan fingerprint density at radius 1 is 0.231 bits per heavy atom. The van der Waals surface area contributed by atoms with E-state index in [-0.39, 0.29) is 25.7 Å². The smallest absolute Gasteiger partial charge is 0.462 e. The van der Waals surface area contributed by atoms with E-state index in [1.54, 1.807) is 0 Å². The van der Waals surface area contributed by atoms with E-state index in [0.29, 0.717) is 25.7 Å². The SMILES string of the molecule is CCCCCCCCCCCCCCCCCCCCCCCC(=O)O[C@H](COC(=O)CCCCCCCCCCCCCCCCCCCCCC)COP(=O)(O)OC[C@@H](O)COP(=O)(O)OC[C@@H](COC(=O)CCCCCCCCCCCC)OC(=O)CCCCCCCCCCCCCCC. The van der Waals surface area contributed by atoms with Crippen molar-refractivity contribution in [3.8, 4) is 0 Å². The van der Waals surface area contributed by atoms with Crippen molar-refractivity contribution in [2.75, 3.05) is 39.6 Å². The first-order valence-electron chi connectivity index (χ1n) is 44.3. The molecule has 0 saturated heterocycles. The molecule has 0 aliphatic rings. The summed E-state index contributed by atoms with van der Waals surface area (Å²) in [5.74, 6) is -2.10. The van der Waals surface area contributed by atoms with Crippen molar-refractivity contribution in [3.05, 3.63) is 0 Å². The number of rotatable bonds is 86. The Balaban J connectivity index is 5.20. The number of ether oxygens (including phenoxy) is 4. The lowest BCUT2D eigenvalue weighted by Crippen LogP contribution is -2.30. The molecule has 0 bridgehead atoms. The van der Waals surface area contributed by atoms with Crippen molar-refractivity contribution < 1.29 is 80.2 Å². The van der Waals surface area contributed by atoms with Gasteiger partial charge in [0.15, 0.2) is 12.2 Å². The second-order valence-corrected chi connectivity index (χ2v) is 33.5. The topological polar surface area (TPSA) is 237 Å². The molecule has 0 heterocycles. The minimum absolute atomic E-state index is 0.109. The summed E-state index contributed by atoms with van der Waals surface area (Å²) in [6.45, 7) is 5.04. The second-order valence-electron chi connectivity index (χ2n) is 30.6. The molecule has 0 fully saturated rings. The average Bonchev–Trinajstić information content (AvgIpc) is 0.912. The number of phosphoric acid groups is 2. The largest absolute Gasteiger partial charge is 0.472 e. The van der Waals surface area contributed by atoms with E-state index in [1.807, 2.05) is 0 Å². The van der Waals surface area contributed by atoms with Gasteiger partial charge < -0.3 is 33.8 Å². The number of carbonyl (C=O) groups excluding carboxylic acids is 4. The number of phosphoric ester groups is 2. The van der Waals surface area contributed by atoms with Crippen molar-refractivity contribution in [2.45, 2.75) is 483 Å². The van der Waals surface area contributed by atoms with Crippen molar-refractivity contribution in [2.24, 2.45) is 0 Å². The van der Waals surface area contributed by atoms with Crippen molar-refractivity contribution in [1.82, 2.24) is 0 Å². The second kappa shape index (κ2) is 79.2. The van der Waals surface area contributed by atoms with Crippen LogP contribution in [0.5, 0.6) is 0 Å². The fraction of sp³-hybridized carbons (Fsp3) is 0.953. The van der Waals surface area contributed by atoms with Crippen LogP contribution in [0.15, 0.2) is 0 Å². The van der Waals surface area contributed by atoms with Gasteiger partial charge in [0.1, 0.15) is 19.3 Å². The molecule has 0 spiro atoms. The summed E-state index contributed by atoms with van der Waals surface area (Å²) in [7, 11) is -9.92. The Kier molecular flexibility index (Phi) is 77.7. The number of hydrogen-bond acceptors (Lipinski definition) is 15. The van der Waals surface area contributed by atoms with Crippen LogP contribution in [-0.4, -0.2) is 96.7 Å². The summed E-state index contributed by atoms with van der Waals surface area (Å²) < 4.78 is 68.8. The van der Waals surface area contributed by atoms with E-state index in [0.717, 1.165) is 89.9 Å². The average molecular weight is 1520 g/mol. The number of hydrogen-bond donors (Lipinski definition) is 3. The minimum Gasteiger partial charge on any atom is -0.462 e. The third-order valence-corrected chi connectivity index (χ3v) is 22.0. The molecular formula is C85H166O17P2. The van der Waals surface area contributed by atoms with Crippen LogP contribution in [0, 0.1) is 0 Å². The van der Waals surface area contributed by atoms with Crippen molar-refractivity contribution in [3.63, 3.8) is 0 Å². The fourth-order valence-corrected chi connectivity index (χ4v) is 14.9.